The van der Waals surface area contributed by atoms with E-state index in [0.717, 1.165) is 11.3 Å². The number of hydrogen-bond acceptors (Lipinski definition) is 5. The van der Waals surface area contributed by atoms with Crippen LogP contribution in [0, 0.1) is 5.92 Å². The molecule has 0 saturated carbocycles. The van der Waals surface area contributed by atoms with E-state index in [1.807, 2.05) is 32.0 Å². The standard InChI is InChI=1S/C15H22N2O3S/c1-4-10(2)14(15(19)20-3)17-13(18)9-21-12-8-6-5-7-11(12)16/h5-8,10,14H,4,9,16H2,1-3H3,(H,17,18). The van der Waals surface area contributed by atoms with Gasteiger partial charge in [-0.05, 0) is 18.1 Å². The van der Waals surface area contributed by atoms with Gasteiger partial charge in [-0.2, -0.15) is 0 Å². The van der Waals surface area contributed by atoms with E-state index in [-0.39, 0.29) is 17.6 Å². The minimum Gasteiger partial charge on any atom is -0.467 e. The number of nitrogens with two attached hydrogens (primary N) is 1. The van der Waals surface area contributed by atoms with Gasteiger partial charge in [-0.3, -0.25) is 4.79 Å². The summed E-state index contributed by atoms with van der Waals surface area (Å²) < 4.78 is 4.74. The second kappa shape index (κ2) is 8.56. The van der Waals surface area contributed by atoms with E-state index < -0.39 is 12.0 Å². The molecule has 5 nitrogen and oxygen atoms in total. The van der Waals surface area contributed by atoms with Gasteiger partial charge in [0.1, 0.15) is 6.04 Å². The molecule has 1 amide bonds. The van der Waals surface area contributed by atoms with Crippen LogP contribution in [0.2, 0.25) is 0 Å². The Labute approximate surface area is 129 Å². The van der Waals surface area contributed by atoms with Gasteiger partial charge in [-0.15, -0.1) is 11.8 Å². The highest BCUT2D eigenvalue weighted by Crippen LogP contribution is 2.24. The number of rotatable bonds is 7. The Balaban J connectivity index is 2.58. The average molecular weight is 310 g/mol. The van der Waals surface area contributed by atoms with Crippen LogP contribution in [0.3, 0.4) is 0 Å². The Morgan fingerprint density at radius 2 is 2.05 bits per heavy atom. The van der Waals surface area contributed by atoms with Crippen LogP contribution in [0.25, 0.3) is 0 Å². The first kappa shape index (κ1) is 17.4. The Morgan fingerprint density at radius 1 is 1.38 bits per heavy atom. The van der Waals surface area contributed by atoms with Gasteiger partial charge >= 0.3 is 5.97 Å². The van der Waals surface area contributed by atoms with Crippen molar-refractivity contribution in [2.45, 2.75) is 31.2 Å². The highest BCUT2D eigenvalue weighted by molar-refractivity contribution is 8.00. The third-order valence-corrected chi connectivity index (χ3v) is 4.35. The lowest BCUT2D eigenvalue weighted by Gasteiger charge is -2.21. The van der Waals surface area contributed by atoms with E-state index in [0.29, 0.717) is 5.69 Å². The molecule has 1 aromatic carbocycles. The zero-order valence-corrected chi connectivity index (χ0v) is 13.4. The minimum absolute atomic E-state index is 0.0215. The van der Waals surface area contributed by atoms with E-state index in [4.69, 9.17) is 10.5 Å². The van der Waals surface area contributed by atoms with Crippen LogP contribution in [-0.4, -0.2) is 30.8 Å². The number of thioether (sulfide) groups is 1. The molecule has 1 rings (SSSR count). The van der Waals surface area contributed by atoms with Gasteiger partial charge in [0.05, 0.1) is 12.9 Å². The molecule has 0 aliphatic carbocycles. The molecule has 0 bridgehead atoms. The molecule has 0 aliphatic heterocycles. The molecular formula is C15H22N2O3S. The van der Waals surface area contributed by atoms with Crippen molar-refractivity contribution in [3.63, 3.8) is 0 Å². The molecule has 0 aliphatic rings. The third-order valence-electron chi connectivity index (χ3n) is 3.26. The summed E-state index contributed by atoms with van der Waals surface area (Å²) in [6.45, 7) is 3.87. The summed E-state index contributed by atoms with van der Waals surface area (Å²) in [6, 6.07) is 6.75. The number of nitrogen functional groups attached to an aromatic ring is 1. The fraction of sp³-hybridized carbons (Fsp3) is 0.467. The monoisotopic (exact) mass is 310 g/mol. The van der Waals surface area contributed by atoms with Crippen molar-refractivity contribution in [3.05, 3.63) is 24.3 Å². The topological polar surface area (TPSA) is 81.4 Å². The van der Waals surface area contributed by atoms with Gasteiger partial charge < -0.3 is 15.8 Å². The largest absolute Gasteiger partial charge is 0.467 e. The average Bonchev–Trinajstić information content (AvgIpc) is 2.50. The van der Waals surface area contributed by atoms with Crippen LogP contribution < -0.4 is 11.1 Å². The number of para-hydroxylation sites is 1. The smallest absolute Gasteiger partial charge is 0.328 e. The Hall–Kier alpha value is -1.69. The van der Waals surface area contributed by atoms with E-state index in [1.165, 1.54) is 18.9 Å². The molecule has 0 fully saturated rings. The predicted octanol–water partition coefficient (Wildman–Crippen LogP) is 2.06. The van der Waals surface area contributed by atoms with Crippen LogP contribution >= 0.6 is 11.8 Å². The van der Waals surface area contributed by atoms with Gasteiger partial charge in [-0.1, -0.05) is 32.4 Å². The summed E-state index contributed by atoms with van der Waals surface area (Å²) in [7, 11) is 1.32. The lowest BCUT2D eigenvalue weighted by atomic mass is 9.99. The van der Waals surface area contributed by atoms with Crippen molar-refractivity contribution in [3.8, 4) is 0 Å². The molecule has 6 heteroatoms. The molecular weight excluding hydrogens is 288 g/mol. The van der Waals surface area contributed by atoms with Crippen molar-refractivity contribution < 1.29 is 14.3 Å². The number of ether oxygens (including phenoxy) is 1. The number of esters is 1. The SMILES string of the molecule is CCC(C)C(NC(=O)CSc1ccccc1N)C(=O)OC. The maximum atomic E-state index is 12.0. The highest BCUT2D eigenvalue weighted by Gasteiger charge is 2.26. The van der Waals surface area contributed by atoms with E-state index in [1.54, 1.807) is 6.07 Å². The summed E-state index contributed by atoms with van der Waals surface area (Å²) in [5, 5.41) is 2.73. The number of anilines is 1. The summed E-state index contributed by atoms with van der Waals surface area (Å²) in [5.74, 6) is -0.396. The number of benzene rings is 1. The second-order valence-corrected chi connectivity index (χ2v) is 5.80. The molecule has 2 unspecified atom stereocenters. The zero-order chi connectivity index (χ0) is 15.8. The predicted molar refractivity (Wildman–Crippen MR) is 85.0 cm³/mol. The molecule has 0 heterocycles. The number of amides is 1. The van der Waals surface area contributed by atoms with Crippen LogP contribution in [0.4, 0.5) is 5.69 Å². The number of carbonyl (C=O) groups excluding carboxylic acids is 2. The van der Waals surface area contributed by atoms with E-state index >= 15 is 0 Å². The fourth-order valence-corrected chi connectivity index (χ4v) is 2.55. The molecule has 1 aromatic rings. The van der Waals surface area contributed by atoms with Gasteiger partial charge in [0.25, 0.3) is 0 Å². The molecule has 0 aromatic heterocycles. The highest BCUT2D eigenvalue weighted by atomic mass is 32.2. The van der Waals surface area contributed by atoms with Crippen molar-refractivity contribution in [1.82, 2.24) is 5.32 Å². The number of nitrogens with one attached hydrogen (secondary N) is 1. The van der Waals surface area contributed by atoms with E-state index in [2.05, 4.69) is 5.32 Å². The summed E-state index contributed by atoms with van der Waals surface area (Å²) in [5.41, 5.74) is 6.46. The van der Waals surface area contributed by atoms with E-state index in [9.17, 15) is 9.59 Å². The van der Waals surface area contributed by atoms with Crippen molar-refractivity contribution in [2.75, 3.05) is 18.6 Å². The maximum Gasteiger partial charge on any atom is 0.328 e. The van der Waals surface area contributed by atoms with Crippen LogP contribution in [0.1, 0.15) is 20.3 Å². The quantitative estimate of drug-likeness (QED) is 0.458. The van der Waals surface area contributed by atoms with Gasteiger partial charge in [-0.25, -0.2) is 4.79 Å². The third kappa shape index (κ3) is 5.30. The number of hydrogen-bond donors (Lipinski definition) is 2. The first-order chi connectivity index (χ1) is 9.99. The lowest BCUT2D eigenvalue weighted by molar-refractivity contribution is -0.146. The lowest BCUT2D eigenvalue weighted by Crippen LogP contribution is -2.46. The van der Waals surface area contributed by atoms with Gasteiger partial charge in [0.15, 0.2) is 0 Å². The first-order valence-corrected chi connectivity index (χ1v) is 7.82. The summed E-state index contributed by atoms with van der Waals surface area (Å²) >= 11 is 1.35. The van der Waals surface area contributed by atoms with Crippen LogP contribution in [-0.2, 0) is 14.3 Å². The molecule has 0 radical (unpaired) electrons. The Kier molecular flexibility index (Phi) is 7.08. The zero-order valence-electron chi connectivity index (χ0n) is 12.6. The molecule has 2 atom stereocenters. The number of carbonyl (C=O) groups is 2. The van der Waals surface area contributed by atoms with Crippen molar-refractivity contribution in [1.29, 1.82) is 0 Å². The first-order valence-electron chi connectivity index (χ1n) is 6.84. The second-order valence-electron chi connectivity index (χ2n) is 4.78. The van der Waals surface area contributed by atoms with Crippen molar-refractivity contribution >= 4 is 29.3 Å². The van der Waals surface area contributed by atoms with Crippen LogP contribution in [0.15, 0.2) is 29.2 Å². The Morgan fingerprint density at radius 3 is 2.62 bits per heavy atom. The van der Waals surface area contributed by atoms with Gasteiger partial charge in [0, 0.05) is 10.6 Å². The maximum absolute atomic E-state index is 12.0. The van der Waals surface area contributed by atoms with Gasteiger partial charge in [0.2, 0.25) is 5.91 Å². The molecule has 0 spiro atoms. The normalized spacial score (nSPS) is 13.3. The molecule has 116 valence electrons. The molecule has 0 saturated heterocycles. The Bertz CT molecular complexity index is 494. The number of methoxy groups -OCH3 is 1. The summed E-state index contributed by atoms with van der Waals surface area (Å²) in [6.07, 6.45) is 0.777. The summed E-state index contributed by atoms with van der Waals surface area (Å²) in [4.78, 5) is 24.6. The molecule has 3 N–H and O–H groups in total. The fourth-order valence-electron chi connectivity index (χ4n) is 1.77. The van der Waals surface area contributed by atoms with Crippen molar-refractivity contribution in [2.24, 2.45) is 5.92 Å². The van der Waals surface area contributed by atoms with Crippen LogP contribution in [0.5, 0.6) is 0 Å². The molecule has 21 heavy (non-hydrogen) atoms. The minimum atomic E-state index is -0.610.